The van der Waals surface area contributed by atoms with E-state index in [0.717, 1.165) is 12.1 Å². The van der Waals surface area contributed by atoms with Crippen molar-refractivity contribution in [3.63, 3.8) is 0 Å². The average Bonchev–Trinajstić information content (AvgIpc) is 2.72. The first-order chi connectivity index (χ1) is 13.9. The van der Waals surface area contributed by atoms with Gasteiger partial charge in [0.25, 0.3) is 5.91 Å². The van der Waals surface area contributed by atoms with Gasteiger partial charge in [0.2, 0.25) is 0 Å². The largest absolute Gasteiger partial charge is 0.497 e. The van der Waals surface area contributed by atoms with Gasteiger partial charge in [-0.25, -0.2) is 14.0 Å². The van der Waals surface area contributed by atoms with Crippen molar-refractivity contribution in [2.24, 2.45) is 0 Å². The van der Waals surface area contributed by atoms with E-state index in [2.05, 4.69) is 5.32 Å². The molecule has 29 heavy (non-hydrogen) atoms. The van der Waals surface area contributed by atoms with Gasteiger partial charge < -0.3 is 19.2 Å². The third-order valence-corrected chi connectivity index (χ3v) is 4.36. The first kappa shape index (κ1) is 20.1. The third-order valence-electron chi connectivity index (χ3n) is 4.36. The van der Waals surface area contributed by atoms with E-state index < -0.39 is 29.4 Å². The van der Waals surface area contributed by atoms with Crippen molar-refractivity contribution in [2.75, 3.05) is 14.2 Å². The maximum atomic E-state index is 13.1. The lowest BCUT2D eigenvalue weighted by Crippen LogP contribution is -2.43. The van der Waals surface area contributed by atoms with E-state index in [4.69, 9.17) is 13.9 Å². The molecule has 0 aliphatic rings. The molecule has 0 unspecified atom stereocenters. The number of methoxy groups -OCH3 is 2. The lowest BCUT2D eigenvalue weighted by Gasteiger charge is -2.17. The number of ether oxygens (including phenoxy) is 2. The number of nitrogens with one attached hydrogen (secondary N) is 1. The maximum Gasteiger partial charge on any atom is 0.336 e. The second-order valence-corrected chi connectivity index (χ2v) is 6.21. The zero-order chi connectivity index (χ0) is 21.0. The van der Waals surface area contributed by atoms with Gasteiger partial charge in [-0.05, 0) is 42.0 Å². The lowest BCUT2D eigenvalue weighted by atomic mass is 10.0. The van der Waals surface area contributed by atoms with E-state index in [-0.39, 0.29) is 12.0 Å². The van der Waals surface area contributed by atoms with Gasteiger partial charge in [0, 0.05) is 29.5 Å². The van der Waals surface area contributed by atoms with Crippen molar-refractivity contribution in [1.29, 1.82) is 0 Å². The number of halogens is 1. The first-order valence-corrected chi connectivity index (χ1v) is 8.66. The number of carbonyl (C=O) groups excluding carboxylic acids is 2. The van der Waals surface area contributed by atoms with Gasteiger partial charge in [-0.15, -0.1) is 0 Å². The average molecular weight is 399 g/mol. The number of benzene rings is 2. The van der Waals surface area contributed by atoms with Crippen LogP contribution in [0.2, 0.25) is 0 Å². The summed E-state index contributed by atoms with van der Waals surface area (Å²) in [5.74, 6) is -1.24. The molecule has 3 aromatic rings. The summed E-state index contributed by atoms with van der Waals surface area (Å²) in [4.78, 5) is 36.6. The summed E-state index contributed by atoms with van der Waals surface area (Å²) in [5.41, 5.74) is 0.366. The van der Waals surface area contributed by atoms with Crippen molar-refractivity contribution in [3.8, 4) is 5.75 Å². The Balaban J connectivity index is 1.92. The van der Waals surface area contributed by atoms with Crippen molar-refractivity contribution in [2.45, 2.75) is 12.5 Å². The fraction of sp³-hybridized carbons (Fsp3) is 0.190. The van der Waals surface area contributed by atoms with Crippen molar-refractivity contribution in [1.82, 2.24) is 5.32 Å². The maximum absolute atomic E-state index is 13.1. The Morgan fingerprint density at radius 1 is 1.10 bits per heavy atom. The summed E-state index contributed by atoms with van der Waals surface area (Å²) in [5, 5.41) is 3.16. The molecule has 1 atom stereocenters. The number of rotatable bonds is 6. The van der Waals surface area contributed by atoms with Crippen molar-refractivity contribution < 1.29 is 27.9 Å². The third kappa shape index (κ3) is 4.60. The minimum absolute atomic E-state index is 0.00592. The molecular formula is C21H18FNO6. The van der Waals surface area contributed by atoms with Crippen LogP contribution in [0.15, 0.2) is 57.7 Å². The van der Waals surface area contributed by atoms with Gasteiger partial charge in [0.05, 0.1) is 14.2 Å². The molecule has 150 valence electrons. The summed E-state index contributed by atoms with van der Waals surface area (Å²) < 4.78 is 28.2. The van der Waals surface area contributed by atoms with E-state index in [1.54, 1.807) is 18.2 Å². The van der Waals surface area contributed by atoms with Crippen molar-refractivity contribution >= 4 is 22.8 Å². The molecule has 1 N–H and O–H groups in total. The molecule has 0 saturated carbocycles. The zero-order valence-corrected chi connectivity index (χ0v) is 15.7. The number of amides is 1. The van der Waals surface area contributed by atoms with E-state index in [1.165, 1.54) is 32.4 Å². The second-order valence-electron chi connectivity index (χ2n) is 6.21. The smallest absolute Gasteiger partial charge is 0.336 e. The number of hydrogen-bond donors (Lipinski definition) is 1. The molecule has 1 amide bonds. The van der Waals surface area contributed by atoms with Crippen molar-refractivity contribution in [3.05, 3.63) is 75.9 Å². The molecular weight excluding hydrogens is 381 g/mol. The van der Waals surface area contributed by atoms with Gasteiger partial charge in [0.15, 0.2) is 0 Å². The normalized spacial score (nSPS) is 11.7. The van der Waals surface area contributed by atoms with Gasteiger partial charge in [-0.1, -0.05) is 0 Å². The second kappa shape index (κ2) is 8.55. The lowest BCUT2D eigenvalue weighted by molar-refractivity contribution is -0.142. The molecule has 0 aliphatic carbocycles. The first-order valence-electron chi connectivity index (χ1n) is 8.66. The Morgan fingerprint density at radius 3 is 2.48 bits per heavy atom. The fourth-order valence-electron chi connectivity index (χ4n) is 2.90. The Labute approximate surface area is 165 Å². The molecule has 2 aromatic carbocycles. The summed E-state index contributed by atoms with van der Waals surface area (Å²) in [7, 11) is 2.68. The zero-order valence-electron chi connectivity index (χ0n) is 15.7. The standard InChI is InChI=1S/C21H18FNO6/c1-27-15-7-8-16-13(10-19(24)29-18(16)11-15)9-17(21(26)28-2)23-20(25)12-3-5-14(22)6-4-12/h3-8,10-11,17H,9H2,1-2H3,(H,23,25)/t17-/m0/s1. The molecule has 1 heterocycles. The topological polar surface area (TPSA) is 94.8 Å². The van der Waals surface area contributed by atoms with Crippen LogP contribution in [0.5, 0.6) is 5.75 Å². The van der Waals surface area contributed by atoms with Crippen LogP contribution in [0.3, 0.4) is 0 Å². The Bertz CT molecular complexity index is 1110. The van der Waals surface area contributed by atoms with Crippen LogP contribution >= 0.6 is 0 Å². The van der Waals surface area contributed by atoms with Gasteiger partial charge >= 0.3 is 11.6 Å². The van der Waals surface area contributed by atoms with Gasteiger partial charge in [0.1, 0.15) is 23.2 Å². The molecule has 0 fully saturated rings. The Morgan fingerprint density at radius 2 is 1.83 bits per heavy atom. The number of hydrogen-bond acceptors (Lipinski definition) is 6. The summed E-state index contributed by atoms with van der Waals surface area (Å²) in [6.07, 6.45) is -0.00592. The van der Waals surface area contributed by atoms with Gasteiger partial charge in [-0.3, -0.25) is 4.79 Å². The fourth-order valence-corrected chi connectivity index (χ4v) is 2.90. The van der Waals surface area contributed by atoms with Crippen LogP contribution in [0.1, 0.15) is 15.9 Å². The highest BCUT2D eigenvalue weighted by Crippen LogP contribution is 2.23. The molecule has 7 nitrogen and oxygen atoms in total. The highest BCUT2D eigenvalue weighted by molar-refractivity contribution is 5.97. The van der Waals surface area contributed by atoms with Gasteiger partial charge in [-0.2, -0.15) is 0 Å². The van der Waals surface area contributed by atoms with Crippen LogP contribution < -0.4 is 15.7 Å². The summed E-state index contributed by atoms with van der Waals surface area (Å²) in [6.45, 7) is 0. The minimum Gasteiger partial charge on any atom is -0.497 e. The molecule has 3 rings (SSSR count). The molecule has 0 spiro atoms. The van der Waals surface area contributed by atoms with E-state index >= 15 is 0 Å². The highest BCUT2D eigenvalue weighted by Gasteiger charge is 2.24. The van der Waals surface area contributed by atoms with Crippen LogP contribution in [-0.4, -0.2) is 32.1 Å². The Hall–Kier alpha value is -3.68. The predicted molar refractivity (Wildman–Crippen MR) is 102 cm³/mol. The predicted octanol–water partition coefficient (Wildman–Crippen LogP) is 2.45. The highest BCUT2D eigenvalue weighted by atomic mass is 19.1. The monoisotopic (exact) mass is 399 g/mol. The summed E-state index contributed by atoms with van der Waals surface area (Å²) >= 11 is 0. The van der Waals surface area contributed by atoms with Crippen LogP contribution in [0.25, 0.3) is 11.0 Å². The molecule has 0 saturated heterocycles. The number of esters is 1. The van der Waals surface area contributed by atoms with E-state index in [1.807, 2.05) is 0 Å². The number of carbonyl (C=O) groups is 2. The summed E-state index contributed by atoms with van der Waals surface area (Å²) in [6, 6.07) is 10.0. The molecule has 0 bridgehead atoms. The van der Waals surface area contributed by atoms with Crippen LogP contribution in [0, 0.1) is 5.82 Å². The Kier molecular flexibility index (Phi) is 5.92. The quantitative estimate of drug-likeness (QED) is 0.505. The van der Waals surface area contributed by atoms with Crippen LogP contribution in [0.4, 0.5) is 4.39 Å². The van der Waals surface area contributed by atoms with Crippen LogP contribution in [-0.2, 0) is 16.0 Å². The molecule has 1 aromatic heterocycles. The van der Waals surface area contributed by atoms with E-state index in [9.17, 15) is 18.8 Å². The molecule has 8 heteroatoms. The SMILES string of the molecule is COC(=O)[C@H](Cc1cc(=O)oc2cc(OC)ccc12)NC(=O)c1ccc(F)cc1. The van der Waals surface area contributed by atoms with E-state index in [0.29, 0.717) is 22.3 Å². The number of fused-ring (bicyclic) bond motifs is 1. The molecule has 0 aliphatic heterocycles. The minimum atomic E-state index is -1.07. The molecule has 0 radical (unpaired) electrons.